The first-order valence-electron chi connectivity index (χ1n) is 6.02. The molecule has 2 fully saturated rings. The van der Waals surface area contributed by atoms with E-state index in [2.05, 4.69) is 25.4 Å². The second kappa shape index (κ2) is 5.55. The van der Waals surface area contributed by atoms with E-state index in [4.69, 9.17) is 0 Å². The molecule has 82 valence electrons. The predicted octanol–water partition coefficient (Wildman–Crippen LogP) is 3.37. The zero-order chi connectivity index (χ0) is 10.4. The van der Waals surface area contributed by atoms with E-state index in [0.717, 1.165) is 11.3 Å². The minimum absolute atomic E-state index is 0.776. The Hall–Kier alpha value is -0.300. The largest absolute Gasteiger partial charge is 0.317 e. The molecule has 1 nitrogen and oxygen atoms in total. The molecule has 0 amide bonds. The Bertz CT molecular complexity index is 149. The van der Waals surface area contributed by atoms with Crippen molar-refractivity contribution in [2.45, 2.75) is 45.4 Å². The minimum Gasteiger partial charge on any atom is -0.317 e. The first-order valence-corrected chi connectivity index (χ1v) is 6.02. The van der Waals surface area contributed by atoms with Gasteiger partial charge in [-0.3, -0.25) is 0 Å². The molecule has 1 saturated carbocycles. The van der Waals surface area contributed by atoms with E-state index in [1.54, 1.807) is 0 Å². The van der Waals surface area contributed by atoms with Gasteiger partial charge in [0.2, 0.25) is 0 Å². The lowest BCUT2D eigenvalue weighted by molar-refractivity contribution is 0.110. The van der Waals surface area contributed by atoms with Crippen molar-refractivity contribution in [1.82, 2.24) is 5.32 Å². The SMILES string of the molecule is C=C.CC1CCC2(CCNCC2)CC1. The van der Waals surface area contributed by atoms with E-state index >= 15 is 0 Å². The Morgan fingerprint density at radius 3 is 2.00 bits per heavy atom. The van der Waals surface area contributed by atoms with Gasteiger partial charge in [0.1, 0.15) is 0 Å². The summed E-state index contributed by atoms with van der Waals surface area (Å²) in [7, 11) is 0. The van der Waals surface area contributed by atoms with Gasteiger partial charge in [-0.1, -0.05) is 19.8 Å². The van der Waals surface area contributed by atoms with Gasteiger partial charge < -0.3 is 5.32 Å². The first kappa shape index (κ1) is 11.8. The molecule has 1 aliphatic heterocycles. The van der Waals surface area contributed by atoms with Crippen molar-refractivity contribution in [3.63, 3.8) is 0 Å². The smallest absolute Gasteiger partial charge is 0.00436 e. The van der Waals surface area contributed by atoms with Crippen molar-refractivity contribution in [3.8, 4) is 0 Å². The van der Waals surface area contributed by atoms with Gasteiger partial charge in [0, 0.05) is 0 Å². The second-order valence-electron chi connectivity index (χ2n) is 4.93. The van der Waals surface area contributed by atoms with Gasteiger partial charge in [-0.2, -0.15) is 0 Å². The highest BCUT2D eigenvalue weighted by molar-refractivity contribution is 4.88. The van der Waals surface area contributed by atoms with Crippen LogP contribution in [0.4, 0.5) is 0 Å². The third-order valence-electron chi connectivity index (χ3n) is 4.00. The maximum atomic E-state index is 3.47. The standard InChI is InChI=1S/C11H21N.C2H4/c1-10-2-4-11(5-3-10)6-8-12-9-7-11;1-2/h10,12H,2-9H2,1H3;1-2H2. The molecule has 1 aliphatic carbocycles. The van der Waals surface area contributed by atoms with Gasteiger partial charge in [0.15, 0.2) is 0 Å². The van der Waals surface area contributed by atoms with Crippen molar-refractivity contribution in [1.29, 1.82) is 0 Å². The van der Waals surface area contributed by atoms with Crippen LogP contribution in [-0.2, 0) is 0 Å². The zero-order valence-electron chi connectivity index (χ0n) is 9.65. The summed E-state index contributed by atoms with van der Waals surface area (Å²) in [6, 6.07) is 0. The van der Waals surface area contributed by atoms with Crippen LogP contribution < -0.4 is 5.32 Å². The summed E-state index contributed by atoms with van der Waals surface area (Å²) < 4.78 is 0. The van der Waals surface area contributed by atoms with Gasteiger partial charge in [-0.25, -0.2) is 0 Å². The van der Waals surface area contributed by atoms with E-state index in [9.17, 15) is 0 Å². The number of nitrogens with one attached hydrogen (secondary N) is 1. The molecule has 0 aromatic rings. The number of rotatable bonds is 0. The van der Waals surface area contributed by atoms with Crippen LogP contribution in [0.25, 0.3) is 0 Å². The Balaban J connectivity index is 0.000000461. The highest BCUT2D eigenvalue weighted by atomic mass is 14.9. The second-order valence-corrected chi connectivity index (χ2v) is 4.93. The lowest BCUT2D eigenvalue weighted by atomic mass is 9.66. The average Bonchev–Trinajstić information content (AvgIpc) is 2.27. The third-order valence-corrected chi connectivity index (χ3v) is 4.00. The van der Waals surface area contributed by atoms with Crippen LogP contribution in [0.5, 0.6) is 0 Å². The van der Waals surface area contributed by atoms with Crippen LogP contribution in [0.1, 0.15) is 45.4 Å². The lowest BCUT2D eigenvalue weighted by Crippen LogP contribution is -2.38. The molecule has 2 aliphatic rings. The molecule has 1 saturated heterocycles. The molecular formula is C13H25N. The van der Waals surface area contributed by atoms with Gasteiger partial charge in [-0.15, -0.1) is 13.2 Å². The summed E-state index contributed by atoms with van der Waals surface area (Å²) >= 11 is 0. The molecule has 0 bridgehead atoms. The monoisotopic (exact) mass is 195 g/mol. The summed E-state index contributed by atoms with van der Waals surface area (Å²) in [5, 5.41) is 3.47. The molecular weight excluding hydrogens is 170 g/mol. The van der Waals surface area contributed by atoms with Crippen molar-refractivity contribution in [2.75, 3.05) is 13.1 Å². The Morgan fingerprint density at radius 1 is 1.00 bits per heavy atom. The Morgan fingerprint density at radius 2 is 1.50 bits per heavy atom. The molecule has 0 atom stereocenters. The maximum Gasteiger partial charge on any atom is -0.00436 e. The molecule has 0 radical (unpaired) electrons. The lowest BCUT2D eigenvalue weighted by Gasteiger charge is -2.42. The summed E-state index contributed by atoms with van der Waals surface area (Å²) in [4.78, 5) is 0. The van der Waals surface area contributed by atoms with E-state index < -0.39 is 0 Å². The van der Waals surface area contributed by atoms with Crippen molar-refractivity contribution in [2.24, 2.45) is 11.3 Å². The zero-order valence-corrected chi connectivity index (χ0v) is 9.65. The van der Waals surface area contributed by atoms with Crippen molar-refractivity contribution >= 4 is 0 Å². The van der Waals surface area contributed by atoms with E-state index in [1.165, 1.54) is 51.6 Å². The van der Waals surface area contributed by atoms with Crippen molar-refractivity contribution in [3.05, 3.63) is 13.2 Å². The van der Waals surface area contributed by atoms with Crippen LogP contribution >= 0.6 is 0 Å². The molecule has 0 aromatic heterocycles. The maximum absolute atomic E-state index is 3.47. The fraction of sp³-hybridized carbons (Fsp3) is 0.846. The quantitative estimate of drug-likeness (QED) is 0.584. The highest BCUT2D eigenvalue weighted by Crippen LogP contribution is 2.44. The molecule has 1 N–H and O–H groups in total. The topological polar surface area (TPSA) is 12.0 Å². The normalized spacial score (nSPS) is 26.6. The summed E-state index contributed by atoms with van der Waals surface area (Å²) in [6.45, 7) is 11.0. The van der Waals surface area contributed by atoms with Gasteiger partial charge >= 0.3 is 0 Å². The molecule has 14 heavy (non-hydrogen) atoms. The number of hydrogen-bond donors (Lipinski definition) is 1. The molecule has 1 spiro atoms. The summed E-state index contributed by atoms with van der Waals surface area (Å²) in [5.74, 6) is 1.01. The number of piperidine rings is 1. The minimum atomic E-state index is 0.776. The molecule has 2 rings (SSSR count). The fourth-order valence-electron chi connectivity index (χ4n) is 2.83. The van der Waals surface area contributed by atoms with Crippen LogP contribution in [0.3, 0.4) is 0 Å². The highest BCUT2D eigenvalue weighted by Gasteiger charge is 2.34. The average molecular weight is 195 g/mol. The molecule has 0 unspecified atom stereocenters. The van der Waals surface area contributed by atoms with Crippen LogP contribution in [-0.4, -0.2) is 13.1 Å². The molecule has 1 heteroatoms. The summed E-state index contributed by atoms with van der Waals surface area (Å²) in [6.07, 6.45) is 8.88. The fourth-order valence-corrected chi connectivity index (χ4v) is 2.83. The van der Waals surface area contributed by atoms with Crippen LogP contribution in [0.15, 0.2) is 13.2 Å². The van der Waals surface area contributed by atoms with Crippen LogP contribution in [0, 0.1) is 11.3 Å². The van der Waals surface area contributed by atoms with Gasteiger partial charge in [0.05, 0.1) is 0 Å². The van der Waals surface area contributed by atoms with E-state index in [1.807, 2.05) is 0 Å². The van der Waals surface area contributed by atoms with Crippen molar-refractivity contribution < 1.29 is 0 Å². The third kappa shape index (κ3) is 2.84. The molecule has 0 aromatic carbocycles. The number of hydrogen-bond acceptors (Lipinski definition) is 1. The van der Waals surface area contributed by atoms with Gasteiger partial charge in [0.25, 0.3) is 0 Å². The van der Waals surface area contributed by atoms with E-state index in [-0.39, 0.29) is 0 Å². The Kier molecular flexibility index (Phi) is 4.67. The van der Waals surface area contributed by atoms with Crippen LogP contribution in [0.2, 0.25) is 0 Å². The van der Waals surface area contributed by atoms with E-state index in [0.29, 0.717) is 0 Å². The first-order chi connectivity index (χ1) is 6.81. The Labute approximate surface area is 89.0 Å². The summed E-state index contributed by atoms with van der Waals surface area (Å²) in [5.41, 5.74) is 0.776. The molecule has 1 heterocycles. The predicted molar refractivity (Wildman–Crippen MR) is 63.4 cm³/mol. The van der Waals surface area contributed by atoms with Gasteiger partial charge in [-0.05, 0) is 50.1 Å².